The van der Waals surface area contributed by atoms with Crippen LogP contribution in [0.15, 0.2) is 0 Å². The molecule has 1 saturated heterocycles. The first-order valence-electron chi connectivity index (χ1n) is 4.62. The van der Waals surface area contributed by atoms with Gasteiger partial charge in [0.1, 0.15) is 0 Å². The van der Waals surface area contributed by atoms with Crippen LogP contribution >= 0.6 is 0 Å². The fourth-order valence-electron chi connectivity index (χ4n) is 1.57. The Kier molecular flexibility index (Phi) is 3.87. The van der Waals surface area contributed by atoms with Gasteiger partial charge < -0.3 is 9.64 Å². The third-order valence-electron chi connectivity index (χ3n) is 2.39. The van der Waals surface area contributed by atoms with E-state index in [4.69, 9.17) is 4.74 Å². The van der Waals surface area contributed by atoms with Crippen molar-refractivity contribution in [2.75, 3.05) is 26.7 Å². The lowest BCUT2D eigenvalue weighted by molar-refractivity contribution is 0.108. The summed E-state index contributed by atoms with van der Waals surface area (Å²) in [5.41, 5.74) is 0. The van der Waals surface area contributed by atoms with Crippen LogP contribution in [0.1, 0.15) is 26.2 Å². The molecule has 1 aliphatic rings. The average Bonchev–Trinajstić information content (AvgIpc) is 2.48. The van der Waals surface area contributed by atoms with Crippen molar-refractivity contribution < 1.29 is 4.74 Å². The molecular formula is C9H19NO. The van der Waals surface area contributed by atoms with Crippen molar-refractivity contribution in [1.29, 1.82) is 0 Å². The van der Waals surface area contributed by atoms with Gasteiger partial charge in [-0.25, -0.2) is 0 Å². The number of likely N-dealkylation sites (tertiary alicyclic amines) is 1. The number of hydrogen-bond donors (Lipinski definition) is 0. The average molecular weight is 157 g/mol. The quantitative estimate of drug-likeness (QED) is 0.613. The Morgan fingerprint density at radius 1 is 1.55 bits per heavy atom. The summed E-state index contributed by atoms with van der Waals surface area (Å²) in [6, 6.07) is 0. The Bertz CT molecular complexity index is 106. The largest absolute Gasteiger partial charge is 0.380 e. The first-order valence-corrected chi connectivity index (χ1v) is 4.62. The van der Waals surface area contributed by atoms with Crippen LogP contribution in [0.25, 0.3) is 0 Å². The molecule has 0 aliphatic carbocycles. The smallest absolute Gasteiger partial charge is 0.0710 e. The van der Waals surface area contributed by atoms with Crippen LogP contribution < -0.4 is 0 Å². The second-order valence-corrected chi connectivity index (χ2v) is 3.30. The van der Waals surface area contributed by atoms with Gasteiger partial charge in [-0.1, -0.05) is 13.3 Å². The summed E-state index contributed by atoms with van der Waals surface area (Å²) in [6.07, 6.45) is 4.36. The SMILES string of the molecule is CCCCN1CC[C@H](OC)C1. The van der Waals surface area contributed by atoms with Crippen LogP contribution in [0.5, 0.6) is 0 Å². The number of hydrogen-bond acceptors (Lipinski definition) is 2. The highest BCUT2D eigenvalue weighted by molar-refractivity contribution is 4.74. The molecule has 0 bridgehead atoms. The van der Waals surface area contributed by atoms with Crippen molar-refractivity contribution >= 4 is 0 Å². The predicted molar refractivity (Wildman–Crippen MR) is 46.8 cm³/mol. The Morgan fingerprint density at radius 3 is 2.91 bits per heavy atom. The first kappa shape index (κ1) is 9.01. The van der Waals surface area contributed by atoms with Crippen molar-refractivity contribution in [1.82, 2.24) is 4.90 Å². The molecule has 1 aliphatic heterocycles. The maximum absolute atomic E-state index is 5.28. The van der Waals surface area contributed by atoms with Gasteiger partial charge in [0.25, 0.3) is 0 Å². The lowest BCUT2D eigenvalue weighted by atomic mass is 10.3. The fraction of sp³-hybridized carbons (Fsp3) is 1.00. The molecule has 0 aromatic carbocycles. The Hall–Kier alpha value is -0.0800. The van der Waals surface area contributed by atoms with Gasteiger partial charge in [-0.05, 0) is 19.4 Å². The molecule has 1 fully saturated rings. The number of nitrogens with zero attached hydrogens (tertiary/aromatic N) is 1. The number of unbranched alkanes of at least 4 members (excludes halogenated alkanes) is 1. The zero-order chi connectivity index (χ0) is 8.10. The van der Waals surface area contributed by atoms with Crippen LogP contribution in [0.4, 0.5) is 0 Å². The predicted octanol–water partition coefficient (Wildman–Crippen LogP) is 1.51. The summed E-state index contributed by atoms with van der Waals surface area (Å²) < 4.78 is 5.28. The summed E-state index contributed by atoms with van der Waals surface area (Å²) in [5.74, 6) is 0. The minimum absolute atomic E-state index is 0.506. The minimum Gasteiger partial charge on any atom is -0.380 e. The van der Waals surface area contributed by atoms with Gasteiger partial charge in [-0.2, -0.15) is 0 Å². The normalized spacial score (nSPS) is 26.2. The summed E-state index contributed by atoms with van der Waals surface area (Å²) in [4.78, 5) is 2.50. The molecule has 0 spiro atoms. The molecule has 0 aromatic rings. The molecule has 1 heterocycles. The third kappa shape index (κ3) is 2.80. The molecule has 0 amide bonds. The number of rotatable bonds is 4. The van der Waals surface area contributed by atoms with E-state index in [9.17, 15) is 0 Å². The van der Waals surface area contributed by atoms with Crippen molar-refractivity contribution in [2.45, 2.75) is 32.3 Å². The van der Waals surface area contributed by atoms with Crippen LogP contribution in [0.2, 0.25) is 0 Å². The monoisotopic (exact) mass is 157 g/mol. The van der Waals surface area contributed by atoms with E-state index in [2.05, 4.69) is 11.8 Å². The highest BCUT2D eigenvalue weighted by Crippen LogP contribution is 2.11. The summed E-state index contributed by atoms with van der Waals surface area (Å²) >= 11 is 0. The second-order valence-electron chi connectivity index (χ2n) is 3.30. The van der Waals surface area contributed by atoms with Gasteiger partial charge in [-0.15, -0.1) is 0 Å². The molecule has 66 valence electrons. The molecule has 0 unspecified atom stereocenters. The lowest BCUT2D eigenvalue weighted by Gasteiger charge is -2.14. The van der Waals surface area contributed by atoms with E-state index < -0.39 is 0 Å². The second kappa shape index (κ2) is 4.73. The van der Waals surface area contributed by atoms with Crippen LogP contribution in [0, 0.1) is 0 Å². The summed E-state index contributed by atoms with van der Waals surface area (Å²) in [5, 5.41) is 0. The van der Waals surface area contributed by atoms with E-state index in [1.54, 1.807) is 0 Å². The topological polar surface area (TPSA) is 12.5 Å². The number of methoxy groups -OCH3 is 1. The molecular weight excluding hydrogens is 138 g/mol. The van der Waals surface area contributed by atoms with Crippen molar-refractivity contribution in [2.24, 2.45) is 0 Å². The Balaban J connectivity index is 2.09. The van der Waals surface area contributed by atoms with Gasteiger partial charge in [0.15, 0.2) is 0 Å². The molecule has 1 rings (SSSR count). The molecule has 0 radical (unpaired) electrons. The van der Waals surface area contributed by atoms with Crippen molar-refractivity contribution in [3.8, 4) is 0 Å². The molecule has 2 nitrogen and oxygen atoms in total. The van der Waals surface area contributed by atoms with Gasteiger partial charge in [0.05, 0.1) is 6.10 Å². The summed E-state index contributed by atoms with van der Waals surface area (Å²) in [7, 11) is 1.81. The van der Waals surface area contributed by atoms with E-state index in [0.29, 0.717) is 6.10 Å². The van der Waals surface area contributed by atoms with E-state index >= 15 is 0 Å². The first-order chi connectivity index (χ1) is 5.36. The molecule has 0 saturated carbocycles. The van der Waals surface area contributed by atoms with Crippen molar-refractivity contribution in [3.63, 3.8) is 0 Å². The Morgan fingerprint density at radius 2 is 2.36 bits per heavy atom. The third-order valence-corrected chi connectivity index (χ3v) is 2.39. The van der Waals surface area contributed by atoms with Gasteiger partial charge in [-0.3, -0.25) is 0 Å². The van der Waals surface area contributed by atoms with Gasteiger partial charge in [0, 0.05) is 20.2 Å². The minimum atomic E-state index is 0.506. The zero-order valence-electron chi connectivity index (χ0n) is 7.68. The van der Waals surface area contributed by atoms with E-state index in [-0.39, 0.29) is 0 Å². The van der Waals surface area contributed by atoms with Crippen molar-refractivity contribution in [3.05, 3.63) is 0 Å². The molecule has 0 aromatic heterocycles. The van der Waals surface area contributed by atoms with Gasteiger partial charge in [0.2, 0.25) is 0 Å². The summed E-state index contributed by atoms with van der Waals surface area (Å²) in [6.45, 7) is 5.88. The van der Waals surface area contributed by atoms with E-state index in [0.717, 1.165) is 6.54 Å². The number of ether oxygens (including phenoxy) is 1. The maximum atomic E-state index is 5.28. The zero-order valence-corrected chi connectivity index (χ0v) is 7.68. The van der Waals surface area contributed by atoms with E-state index in [1.807, 2.05) is 7.11 Å². The van der Waals surface area contributed by atoms with Crippen LogP contribution in [0.3, 0.4) is 0 Å². The molecule has 0 N–H and O–H groups in total. The lowest BCUT2D eigenvalue weighted by Crippen LogP contribution is -2.23. The molecule has 2 heteroatoms. The highest BCUT2D eigenvalue weighted by atomic mass is 16.5. The maximum Gasteiger partial charge on any atom is 0.0710 e. The van der Waals surface area contributed by atoms with E-state index in [1.165, 1.54) is 32.4 Å². The highest BCUT2D eigenvalue weighted by Gasteiger charge is 2.20. The molecule has 11 heavy (non-hydrogen) atoms. The fourth-order valence-corrected chi connectivity index (χ4v) is 1.57. The van der Waals surface area contributed by atoms with Crippen LogP contribution in [-0.4, -0.2) is 37.7 Å². The molecule has 1 atom stereocenters. The van der Waals surface area contributed by atoms with Crippen LogP contribution in [-0.2, 0) is 4.74 Å². The standard InChI is InChI=1S/C9H19NO/c1-3-4-6-10-7-5-9(8-10)11-2/h9H,3-8H2,1-2H3/t9-/m0/s1. The Labute approximate surface area is 69.5 Å². The van der Waals surface area contributed by atoms with Gasteiger partial charge >= 0.3 is 0 Å².